The molecule has 0 aromatic carbocycles. The van der Waals surface area contributed by atoms with Gasteiger partial charge >= 0.3 is 19.5 Å². The second-order valence-electron chi connectivity index (χ2n) is 6.70. The monoisotopic (exact) mass is 590 g/mol. The molecule has 196 valence electrons. The van der Waals surface area contributed by atoms with Gasteiger partial charge in [0.15, 0.2) is 11.6 Å². The van der Waals surface area contributed by atoms with E-state index in [0.29, 0.717) is 45.0 Å². The SMILES string of the molecule is O=C1c2cccnc2-c2ncccc21.O=C1c2cccnc2-c2ncccc21.O=[N+]([O-])[O-].O=[N+]([O-])[O-].[OH3+].[OH3+].[Zn+2]. The molecular formula is C22H18N6O10Zn+2. The fourth-order valence-electron chi connectivity index (χ4n) is 3.40. The smallest absolute Gasteiger partial charge is 0.457 e. The summed E-state index contributed by atoms with van der Waals surface area (Å²) in [6, 6.07) is 14.2. The van der Waals surface area contributed by atoms with Crippen molar-refractivity contribution in [1.82, 2.24) is 19.9 Å². The Balaban J connectivity index is 0.000000552. The number of carbonyl (C=O) groups excluding carboxylic acids is 2. The molecule has 2 aliphatic rings. The number of hydrogen-bond acceptors (Lipinski definition) is 12. The van der Waals surface area contributed by atoms with Gasteiger partial charge in [-0.15, -0.1) is 0 Å². The van der Waals surface area contributed by atoms with Crippen LogP contribution in [-0.2, 0) is 30.4 Å². The molecule has 0 atom stereocenters. The van der Waals surface area contributed by atoms with Crippen LogP contribution in [0, 0.1) is 30.6 Å². The number of ketones is 2. The maximum Gasteiger partial charge on any atom is 2.00 e. The number of carbonyl (C=O) groups is 2. The van der Waals surface area contributed by atoms with Crippen molar-refractivity contribution in [2.24, 2.45) is 0 Å². The Labute approximate surface area is 230 Å². The van der Waals surface area contributed by atoms with Gasteiger partial charge in [0.25, 0.3) is 0 Å². The first-order chi connectivity index (χ1) is 17.2. The molecule has 2 aliphatic carbocycles. The summed E-state index contributed by atoms with van der Waals surface area (Å²) in [6.07, 6.45) is 6.71. The number of nitrogens with zero attached hydrogens (tertiary/aromatic N) is 6. The average molecular weight is 592 g/mol. The summed E-state index contributed by atoms with van der Waals surface area (Å²) >= 11 is 0. The van der Waals surface area contributed by atoms with Gasteiger partial charge < -0.3 is 41.6 Å². The Kier molecular flexibility index (Phi) is 13.2. The molecule has 0 saturated carbocycles. The molecule has 0 amide bonds. The number of hydrogen-bond donors (Lipinski definition) is 0. The van der Waals surface area contributed by atoms with Crippen molar-refractivity contribution in [3.05, 3.63) is 126 Å². The molecule has 0 saturated heterocycles. The van der Waals surface area contributed by atoms with E-state index in [4.69, 9.17) is 30.6 Å². The van der Waals surface area contributed by atoms with E-state index >= 15 is 0 Å². The van der Waals surface area contributed by atoms with Gasteiger partial charge in [-0.2, -0.15) is 0 Å². The standard InChI is InChI=1S/2C11H6N2O.2NO3.2H2O.Zn/c2*14-11-7-3-1-5-12-9(7)10-8(11)4-2-6-13-10;2*2-1(3)4;;;/h2*1-6H;;;2*1H2;/q;;2*-1;;;+2/p+2. The summed E-state index contributed by atoms with van der Waals surface area (Å²) in [5, 5.41) is 29.5. The zero-order valence-electron chi connectivity index (χ0n) is 19.7. The van der Waals surface area contributed by atoms with E-state index in [9.17, 15) is 9.59 Å². The third-order valence-corrected chi connectivity index (χ3v) is 4.66. The molecule has 0 bridgehead atoms. The summed E-state index contributed by atoms with van der Waals surface area (Å²) in [4.78, 5) is 56.8. The number of pyridine rings is 4. The van der Waals surface area contributed by atoms with Gasteiger partial charge in [-0.1, -0.05) is 0 Å². The van der Waals surface area contributed by atoms with Crippen LogP contribution in [0.4, 0.5) is 0 Å². The first-order valence-corrected chi connectivity index (χ1v) is 9.75. The largest absolute Gasteiger partial charge is 2.00 e. The fourth-order valence-corrected chi connectivity index (χ4v) is 3.40. The van der Waals surface area contributed by atoms with E-state index in [1.54, 1.807) is 73.3 Å². The van der Waals surface area contributed by atoms with Crippen LogP contribution in [0.25, 0.3) is 22.8 Å². The van der Waals surface area contributed by atoms with Crippen molar-refractivity contribution in [3.8, 4) is 22.8 Å². The Morgan fingerprint density at radius 1 is 0.487 bits per heavy atom. The van der Waals surface area contributed by atoms with Crippen molar-refractivity contribution in [2.75, 3.05) is 0 Å². The molecule has 0 fully saturated rings. The van der Waals surface area contributed by atoms with Crippen LogP contribution in [0.5, 0.6) is 0 Å². The minimum atomic E-state index is -1.75. The summed E-state index contributed by atoms with van der Waals surface area (Å²) in [5.74, 6) is 0.0485. The van der Waals surface area contributed by atoms with E-state index in [0.717, 1.165) is 0 Å². The van der Waals surface area contributed by atoms with Gasteiger partial charge in [0.1, 0.15) is 22.8 Å². The minimum absolute atomic E-state index is 0. The first kappa shape index (κ1) is 33.9. The van der Waals surface area contributed by atoms with Crippen molar-refractivity contribution >= 4 is 11.6 Å². The molecule has 39 heavy (non-hydrogen) atoms. The first-order valence-electron chi connectivity index (χ1n) is 9.75. The molecule has 0 spiro atoms. The molecule has 6 N–H and O–H groups in total. The van der Waals surface area contributed by atoms with Crippen molar-refractivity contribution in [3.63, 3.8) is 0 Å². The Morgan fingerprint density at radius 2 is 0.667 bits per heavy atom. The third kappa shape index (κ3) is 7.93. The van der Waals surface area contributed by atoms with Crippen LogP contribution in [0.15, 0.2) is 73.3 Å². The predicted molar refractivity (Wildman–Crippen MR) is 132 cm³/mol. The summed E-state index contributed by atoms with van der Waals surface area (Å²) in [5.41, 5.74) is 5.42. The van der Waals surface area contributed by atoms with Gasteiger partial charge in [-0.25, -0.2) is 0 Å². The third-order valence-electron chi connectivity index (χ3n) is 4.66. The number of fused-ring (bicyclic) bond motifs is 6. The zero-order valence-corrected chi connectivity index (χ0v) is 22.7. The second-order valence-corrected chi connectivity index (χ2v) is 6.70. The number of rotatable bonds is 0. The molecule has 4 heterocycles. The summed E-state index contributed by atoms with van der Waals surface area (Å²) in [7, 11) is 0. The Hall–Kier alpha value is -5.12. The molecule has 0 unspecified atom stereocenters. The van der Waals surface area contributed by atoms with E-state index in [-0.39, 0.29) is 42.0 Å². The van der Waals surface area contributed by atoms with Gasteiger partial charge in [0.2, 0.25) is 0 Å². The van der Waals surface area contributed by atoms with Crippen molar-refractivity contribution in [2.45, 2.75) is 0 Å². The van der Waals surface area contributed by atoms with Crippen molar-refractivity contribution < 1.29 is 50.2 Å². The van der Waals surface area contributed by atoms with Crippen LogP contribution in [0.1, 0.15) is 31.8 Å². The molecule has 4 aromatic heterocycles. The number of aromatic nitrogens is 4. The van der Waals surface area contributed by atoms with Crippen molar-refractivity contribution in [1.29, 1.82) is 0 Å². The predicted octanol–water partition coefficient (Wildman–Crippen LogP) is 1.05. The van der Waals surface area contributed by atoms with Gasteiger partial charge in [0, 0.05) is 24.8 Å². The Bertz CT molecular complexity index is 1270. The van der Waals surface area contributed by atoms with Crippen LogP contribution >= 0.6 is 0 Å². The molecule has 17 heteroatoms. The van der Waals surface area contributed by atoms with E-state index in [2.05, 4.69) is 19.9 Å². The van der Waals surface area contributed by atoms with Gasteiger partial charge in [-0.05, 0) is 48.5 Å². The van der Waals surface area contributed by atoms with E-state index in [1.165, 1.54) is 0 Å². The maximum absolute atomic E-state index is 11.8. The maximum atomic E-state index is 11.8. The fraction of sp³-hybridized carbons (Fsp3) is 0. The zero-order chi connectivity index (χ0) is 26.2. The molecule has 0 aliphatic heterocycles. The van der Waals surface area contributed by atoms with E-state index in [1.807, 2.05) is 0 Å². The van der Waals surface area contributed by atoms with E-state index < -0.39 is 10.2 Å². The molecule has 16 nitrogen and oxygen atoms in total. The van der Waals surface area contributed by atoms with Crippen LogP contribution in [0.3, 0.4) is 0 Å². The Morgan fingerprint density at radius 3 is 0.846 bits per heavy atom. The van der Waals surface area contributed by atoms with Gasteiger partial charge in [-0.3, -0.25) is 29.5 Å². The molecule has 0 radical (unpaired) electrons. The van der Waals surface area contributed by atoms with Crippen LogP contribution < -0.4 is 0 Å². The molecule has 6 rings (SSSR count). The van der Waals surface area contributed by atoms with Crippen LogP contribution in [-0.4, -0.2) is 41.7 Å². The molecule has 4 aromatic rings. The van der Waals surface area contributed by atoms with Crippen LogP contribution in [0.2, 0.25) is 0 Å². The normalized spacial score (nSPS) is 10.2. The average Bonchev–Trinajstić information content (AvgIpc) is 3.32. The summed E-state index contributed by atoms with van der Waals surface area (Å²) in [6.45, 7) is 0. The minimum Gasteiger partial charge on any atom is -0.457 e. The van der Waals surface area contributed by atoms with Gasteiger partial charge in [0.05, 0.1) is 32.4 Å². The second kappa shape index (κ2) is 15.2. The molecular weight excluding hydrogens is 574 g/mol. The summed E-state index contributed by atoms with van der Waals surface area (Å²) < 4.78 is 0. The topological polar surface area (TPSA) is 284 Å². The quantitative estimate of drug-likeness (QED) is 0.104.